The molecule has 106 valence electrons. The van der Waals surface area contributed by atoms with Crippen LogP contribution in [0, 0.1) is 0 Å². The van der Waals surface area contributed by atoms with Gasteiger partial charge in [0.2, 0.25) is 0 Å². The van der Waals surface area contributed by atoms with E-state index in [0.29, 0.717) is 12.0 Å². The maximum Gasteiger partial charge on any atom is 0.0444 e. The van der Waals surface area contributed by atoms with Gasteiger partial charge in [0.05, 0.1) is 0 Å². The molecule has 0 radical (unpaired) electrons. The first-order chi connectivity index (χ1) is 9.68. The molecule has 2 aromatic rings. The Hall–Kier alpha value is -1.31. The van der Waals surface area contributed by atoms with E-state index in [1.165, 1.54) is 11.1 Å². The quantitative estimate of drug-likeness (QED) is 0.800. The first-order valence-corrected chi connectivity index (χ1v) is 7.59. The summed E-state index contributed by atoms with van der Waals surface area (Å²) in [5.74, 6) is 0.344. The molecular formula is C18H22ClN. The van der Waals surface area contributed by atoms with Crippen molar-refractivity contribution in [1.29, 1.82) is 0 Å². The SMILES string of the molecule is CC(C)NCCC(c1ccccc1)c1ccccc1Cl. The molecule has 2 rings (SSSR count). The van der Waals surface area contributed by atoms with Crippen LogP contribution in [-0.2, 0) is 0 Å². The molecule has 0 saturated heterocycles. The maximum absolute atomic E-state index is 6.39. The zero-order valence-corrected chi connectivity index (χ0v) is 12.9. The number of hydrogen-bond donors (Lipinski definition) is 1. The van der Waals surface area contributed by atoms with Crippen molar-refractivity contribution < 1.29 is 0 Å². The van der Waals surface area contributed by atoms with Crippen LogP contribution in [0.4, 0.5) is 0 Å². The third kappa shape index (κ3) is 4.09. The smallest absolute Gasteiger partial charge is 0.0444 e. The van der Waals surface area contributed by atoms with Crippen LogP contribution in [0.25, 0.3) is 0 Å². The second kappa shape index (κ2) is 7.47. The summed E-state index contributed by atoms with van der Waals surface area (Å²) < 4.78 is 0. The van der Waals surface area contributed by atoms with Crippen molar-refractivity contribution in [2.45, 2.75) is 32.2 Å². The summed E-state index contributed by atoms with van der Waals surface area (Å²) in [6.07, 6.45) is 1.05. The van der Waals surface area contributed by atoms with Crippen molar-refractivity contribution in [3.8, 4) is 0 Å². The molecule has 1 nitrogen and oxygen atoms in total. The fraction of sp³-hybridized carbons (Fsp3) is 0.333. The van der Waals surface area contributed by atoms with E-state index in [4.69, 9.17) is 11.6 Å². The van der Waals surface area contributed by atoms with E-state index in [0.717, 1.165) is 18.0 Å². The molecule has 2 aromatic carbocycles. The largest absolute Gasteiger partial charge is 0.314 e. The van der Waals surface area contributed by atoms with E-state index in [9.17, 15) is 0 Å². The van der Waals surface area contributed by atoms with Gasteiger partial charge in [-0.15, -0.1) is 0 Å². The molecule has 0 spiro atoms. The van der Waals surface area contributed by atoms with Crippen molar-refractivity contribution in [1.82, 2.24) is 5.32 Å². The molecule has 0 amide bonds. The van der Waals surface area contributed by atoms with E-state index in [2.05, 4.69) is 61.6 Å². The van der Waals surface area contributed by atoms with E-state index >= 15 is 0 Å². The second-order valence-electron chi connectivity index (χ2n) is 5.38. The van der Waals surface area contributed by atoms with Gasteiger partial charge in [-0.05, 0) is 30.2 Å². The van der Waals surface area contributed by atoms with Gasteiger partial charge in [-0.3, -0.25) is 0 Å². The molecule has 2 heteroatoms. The van der Waals surface area contributed by atoms with Crippen LogP contribution in [0.2, 0.25) is 5.02 Å². The van der Waals surface area contributed by atoms with Gasteiger partial charge in [0.15, 0.2) is 0 Å². The Morgan fingerprint density at radius 1 is 0.950 bits per heavy atom. The number of halogens is 1. The first kappa shape index (κ1) is 15.1. The van der Waals surface area contributed by atoms with Gasteiger partial charge < -0.3 is 5.32 Å². The number of rotatable bonds is 6. The molecule has 20 heavy (non-hydrogen) atoms. The third-order valence-electron chi connectivity index (χ3n) is 3.47. The van der Waals surface area contributed by atoms with Crippen molar-refractivity contribution in [3.63, 3.8) is 0 Å². The van der Waals surface area contributed by atoms with E-state index in [1.54, 1.807) is 0 Å². The average molecular weight is 288 g/mol. The van der Waals surface area contributed by atoms with Crippen LogP contribution in [0.1, 0.15) is 37.3 Å². The Morgan fingerprint density at radius 2 is 1.60 bits per heavy atom. The molecule has 0 aromatic heterocycles. The van der Waals surface area contributed by atoms with Gasteiger partial charge in [0, 0.05) is 17.0 Å². The van der Waals surface area contributed by atoms with Crippen molar-refractivity contribution >= 4 is 11.6 Å². The number of benzene rings is 2. The second-order valence-corrected chi connectivity index (χ2v) is 5.79. The van der Waals surface area contributed by atoms with E-state index in [-0.39, 0.29) is 0 Å². The number of hydrogen-bond acceptors (Lipinski definition) is 1. The van der Waals surface area contributed by atoms with Gasteiger partial charge in [-0.2, -0.15) is 0 Å². The summed E-state index contributed by atoms with van der Waals surface area (Å²) in [5, 5.41) is 4.34. The maximum atomic E-state index is 6.39. The Bertz CT molecular complexity index is 522. The lowest BCUT2D eigenvalue weighted by Gasteiger charge is -2.20. The third-order valence-corrected chi connectivity index (χ3v) is 3.81. The molecule has 1 atom stereocenters. The zero-order valence-electron chi connectivity index (χ0n) is 12.1. The summed E-state index contributed by atoms with van der Waals surface area (Å²) in [6.45, 7) is 5.34. The van der Waals surface area contributed by atoms with Gasteiger partial charge in [-0.25, -0.2) is 0 Å². The van der Waals surface area contributed by atoms with Crippen LogP contribution >= 0.6 is 11.6 Å². The van der Waals surface area contributed by atoms with Gasteiger partial charge in [0.25, 0.3) is 0 Å². The Balaban J connectivity index is 2.23. The van der Waals surface area contributed by atoms with Crippen LogP contribution in [0.5, 0.6) is 0 Å². The van der Waals surface area contributed by atoms with Crippen molar-refractivity contribution in [2.75, 3.05) is 6.54 Å². The molecule has 0 fully saturated rings. The lowest BCUT2D eigenvalue weighted by molar-refractivity contribution is 0.551. The fourth-order valence-corrected chi connectivity index (χ4v) is 2.73. The average Bonchev–Trinajstić information content (AvgIpc) is 2.45. The van der Waals surface area contributed by atoms with Crippen LogP contribution < -0.4 is 5.32 Å². The number of nitrogens with one attached hydrogen (secondary N) is 1. The topological polar surface area (TPSA) is 12.0 Å². The molecule has 1 unspecified atom stereocenters. The summed E-state index contributed by atoms with van der Waals surface area (Å²) in [6, 6.07) is 19.3. The molecule has 0 bridgehead atoms. The molecule has 0 saturated carbocycles. The van der Waals surface area contributed by atoms with E-state index < -0.39 is 0 Å². The van der Waals surface area contributed by atoms with Crippen LogP contribution in [-0.4, -0.2) is 12.6 Å². The predicted octanol–water partition coefficient (Wildman–Crippen LogP) is 4.86. The highest BCUT2D eigenvalue weighted by molar-refractivity contribution is 6.31. The van der Waals surface area contributed by atoms with Crippen molar-refractivity contribution in [2.24, 2.45) is 0 Å². The van der Waals surface area contributed by atoms with E-state index in [1.807, 2.05) is 12.1 Å². The van der Waals surface area contributed by atoms with Crippen molar-refractivity contribution in [3.05, 3.63) is 70.7 Å². The summed E-state index contributed by atoms with van der Waals surface area (Å²) in [4.78, 5) is 0. The first-order valence-electron chi connectivity index (χ1n) is 7.21. The zero-order chi connectivity index (χ0) is 14.4. The molecule has 1 N–H and O–H groups in total. The lowest BCUT2D eigenvalue weighted by atomic mass is 9.88. The van der Waals surface area contributed by atoms with Crippen LogP contribution in [0.3, 0.4) is 0 Å². The fourth-order valence-electron chi connectivity index (χ4n) is 2.46. The standard InChI is InChI=1S/C18H22ClN/c1-14(2)20-13-12-16(15-8-4-3-5-9-15)17-10-6-7-11-18(17)19/h3-11,14,16,20H,12-13H2,1-2H3. The van der Waals surface area contributed by atoms with Gasteiger partial charge in [-0.1, -0.05) is 74.0 Å². The molecule has 0 aliphatic rings. The highest BCUT2D eigenvalue weighted by Crippen LogP contribution is 2.32. The highest BCUT2D eigenvalue weighted by Gasteiger charge is 2.16. The highest BCUT2D eigenvalue weighted by atomic mass is 35.5. The molecule has 0 aliphatic heterocycles. The summed E-state index contributed by atoms with van der Waals surface area (Å²) >= 11 is 6.39. The molecule has 0 heterocycles. The lowest BCUT2D eigenvalue weighted by Crippen LogP contribution is -2.25. The minimum absolute atomic E-state index is 0.344. The minimum Gasteiger partial charge on any atom is -0.314 e. The Labute approximate surface area is 127 Å². The normalized spacial score (nSPS) is 12.6. The Kier molecular flexibility index (Phi) is 5.63. The monoisotopic (exact) mass is 287 g/mol. The Morgan fingerprint density at radius 3 is 2.25 bits per heavy atom. The molecular weight excluding hydrogens is 266 g/mol. The summed E-state index contributed by atoms with van der Waals surface area (Å²) in [7, 11) is 0. The predicted molar refractivity (Wildman–Crippen MR) is 87.5 cm³/mol. The summed E-state index contributed by atoms with van der Waals surface area (Å²) in [5.41, 5.74) is 2.54. The minimum atomic E-state index is 0.344. The van der Waals surface area contributed by atoms with Gasteiger partial charge >= 0.3 is 0 Å². The molecule has 0 aliphatic carbocycles. The van der Waals surface area contributed by atoms with Gasteiger partial charge in [0.1, 0.15) is 0 Å². The van der Waals surface area contributed by atoms with Crippen LogP contribution in [0.15, 0.2) is 54.6 Å².